The molecule has 1 saturated heterocycles. The largest absolute Gasteiger partial charge is 0.388 e. The molecule has 0 radical (unpaired) electrons. The van der Waals surface area contributed by atoms with Crippen molar-refractivity contribution in [1.82, 2.24) is 0 Å². The first-order chi connectivity index (χ1) is 9.32. The molecular weight excluding hydrogens is 300 g/mol. The van der Waals surface area contributed by atoms with E-state index in [0.29, 0.717) is 5.69 Å². The zero-order chi connectivity index (χ0) is 14.8. The van der Waals surface area contributed by atoms with Gasteiger partial charge in [-0.25, -0.2) is 16.8 Å². The van der Waals surface area contributed by atoms with Crippen molar-refractivity contribution in [1.29, 1.82) is 0 Å². The van der Waals surface area contributed by atoms with Gasteiger partial charge in [0.1, 0.15) is 9.84 Å². The molecule has 0 bridgehead atoms. The summed E-state index contributed by atoms with van der Waals surface area (Å²) in [6, 6.07) is 6.87. The molecule has 112 valence electrons. The van der Waals surface area contributed by atoms with E-state index in [-0.39, 0.29) is 24.3 Å². The Morgan fingerprint density at radius 3 is 2.05 bits per heavy atom. The lowest BCUT2D eigenvalue weighted by molar-refractivity contribution is 0.555. The highest BCUT2D eigenvalue weighted by molar-refractivity contribution is 7.94. The number of anilines is 2. The van der Waals surface area contributed by atoms with Gasteiger partial charge in [-0.1, -0.05) is 0 Å². The number of benzene rings is 1. The first kappa shape index (κ1) is 15.1. The zero-order valence-electron chi connectivity index (χ0n) is 11.2. The van der Waals surface area contributed by atoms with Gasteiger partial charge in [0.25, 0.3) is 0 Å². The second-order valence-electron chi connectivity index (χ2n) is 4.83. The molecule has 1 aliphatic rings. The van der Waals surface area contributed by atoms with Crippen molar-refractivity contribution in [3.8, 4) is 0 Å². The van der Waals surface area contributed by atoms with Crippen molar-refractivity contribution in [2.75, 3.05) is 28.6 Å². The molecule has 2 N–H and O–H groups in total. The highest BCUT2D eigenvalue weighted by Gasteiger charge is 2.32. The SMILES string of the molecule is CNc1ccc(NS(=O)(=O)C2CCS(=O)(=O)CC2)cc1. The van der Waals surface area contributed by atoms with Crippen molar-refractivity contribution in [2.45, 2.75) is 18.1 Å². The topological polar surface area (TPSA) is 92.3 Å². The van der Waals surface area contributed by atoms with E-state index in [9.17, 15) is 16.8 Å². The number of rotatable bonds is 4. The Morgan fingerprint density at radius 1 is 1.05 bits per heavy atom. The maximum absolute atomic E-state index is 12.2. The van der Waals surface area contributed by atoms with Crippen molar-refractivity contribution in [3.05, 3.63) is 24.3 Å². The highest BCUT2D eigenvalue weighted by Crippen LogP contribution is 2.22. The molecule has 1 aromatic carbocycles. The van der Waals surface area contributed by atoms with E-state index in [1.54, 1.807) is 31.3 Å². The summed E-state index contributed by atoms with van der Waals surface area (Å²) in [6.07, 6.45) is 0.318. The van der Waals surface area contributed by atoms with Crippen molar-refractivity contribution >= 4 is 31.2 Å². The third-order valence-corrected chi connectivity index (χ3v) is 6.96. The van der Waals surface area contributed by atoms with Gasteiger partial charge in [-0.3, -0.25) is 4.72 Å². The van der Waals surface area contributed by atoms with Gasteiger partial charge in [-0.05, 0) is 37.1 Å². The Hall–Kier alpha value is -1.28. The number of sulfone groups is 1. The first-order valence-corrected chi connectivity index (χ1v) is 9.69. The van der Waals surface area contributed by atoms with Crippen LogP contribution in [-0.4, -0.2) is 40.6 Å². The molecule has 0 amide bonds. The minimum atomic E-state index is -3.54. The molecular formula is C12H18N2O4S2. The molecule has 0 saturated carbocycles. The predicted molar refractivity (Wildman–Crippen MR) is 80.2 cm³/mol. The average molecular weight is 318 g/mol. The summed E-state index contributed by atoms with van der Waals surface area (Å²) in [5, 5.41) is 2.30. The van der Waals surface area contributed by atoms with Crippen LogP contribution in [0.1, 0.15) is 12.8 Å². The summed E-state index contributed by atoms with van der Waals surface area (Å²) in [4.78, 5) is 0. The van der Waals surface area contributed by atoms with Crippen molar-refractivity contribution in [2.24, 2.45) is 0 Å². The molecule has 0 unspecified atom stereocenters. The van der Waals surface area contributed by atoms with Crippen LogP contribution >= 0.6 is 0 Å². The van der Waals surface area contributed by atoms with E-state index >= 15 is 0 Å². The second-order valence-corrected chi connectivity index (χ2v) is 9.09. The minimum absolute atomic E-state index is 0.0583. The lowest BCUT2D eigenvalue weighted by Crippen LogP contribution is -2.35. The summed E-state index contributed by atoms with van der Waals surface area (Å²) in [7, 11) is -4.82. The fourth-order valence-corrected chi connectivity index (χ4v) is 5.41. The standard InChI is InChI=1S/C12H18N2O4S2/c1-13-10-2-4-11(5-3-10)14-20(17,18)12-6-8-19(15,16)9-7-12/h2-5,12-14H,6-9H2,1H3. The van der Waals surface area contributed by atoms with Crippen LogP contribution in [0.5, 0.6) is 0 Å². The van der Waals surface area contributed by atoms with E-state index in [2.05, 4.69) is 10.0 Å². The van der Waals surface area contributed by atoms with Gasteiger partial charge >= 0.3 is 0 Å². The van der Waals surface area contributed by atoms with Crippen molar-refractivity contribution < 1.29 is 16.8 Å². The van der Waals surface area contributed by atoms with E-state index in [0.717, 1.165) is 5.69 Å². The van der Waals surface area contributed by atoms with Crippen LogP contribution in [0, 0.1) is 0 Å². The number of nitrogens with one attached hydrogen (secondary N) is 2. The molecule has 1 aromatic rings. The van der Waals surface area contributed by atoms with Crippen LogP contribution in [0.4, 0.5) is 11.4 Å². The van der Waals surface area contributed by atoms with Gasteiger partial charge in [-0.2, -0.15) is 0 Å². The van der Waals surface area contributed by atoms with Gasteiger partial charge in [-0.15, -0.1) is 0 Å². The smallest absolute Gasteiger partial charge is 0.235 e. The van der Waals surface area contributed by atoms with Gasteiger partial charge in [0.2, 0.25) is 10.0 Å². The first-order valence-electron chi connectivity index (χ1n) is 6.32. The van der Waals surface area contributed by atoms with Gasteiger partial charge in [0.05, 0.1) is 16.8 Å². The normalized spacial score (nSPS) is 19.4. The molecule has 0 atom stereocenters. The number of hydrogen-bond donors (Lipinski definition) is 2. The summed E-state index contributed by atoms with van der Waals surface area (Å²) in [5.74, 6) is -0.117. The minimum Gasteiger partial charge on any atom is -0.388 e. The predicted octanol–water partition coefficient (Wildman–Crippen LogP) is 1.05. The van der Waals surface area contributed by atoms with Crippen LogP contribution in [-0.2, 0) is 19.9 Å². The molecule has 20 heavy (non-hydrogen) atoms. The molecule has 8 heteroatoms. The summed E-state index contributed by atoms with van der Waals surface area (Å²) in [5.41, 5.74) is 1.37. The van der Waals surface area contributed by atoms with Crippen LogP contribution in [0.25, 0.3) is 0 Å². The Morgan fingerprint density at radius 2 is 1.55 bits per heavy atom. The molecule has 0 aromatic heterocycles. The molecule has 6 nitrogen and oxygen atoms in total. The third-order valence-electron chi connectivity index (χ3n) is 3.37. The van der Waals surface area contributed by atoms with E-state index in [1.807, 2.05) is 0 Å². The maximum Gasteiger partial charge on any atom is 0.235 e. The summed E-state index contributed by atoms with van der Waals surface area (Å²) >= 11 is 0. The van der Waals surface area contributed by atoms with E-state index in [4.69, 9.17) is 0 Å². The summed E-state index contributed by atoms with van der Waals surface area (Å²) in [6.45, 7) is 0. The number of sulfonamides is 1. The molecule has 0 spiro atoms. The molecule has 2 rings (SSSR count). The van der Waals surface area contributed by atoms with Gasteiger partial charge in [0.15, 0.2) is 0 Å². The Balaban J connectivity index is 2.07. The van der Waals surface area contributed by atoms with Crippen LogP contribution in [0.2, 0.25) is 0 Å². The molecule has 0 aliphatic carbocycles. The maximum atomic E-state index is 12.2. The Labute approximate surface area is 119 Å². The second kappa shape index (κ2) is 5.61. The zero-order valence-corrected chi connectivity index (χ0v) is 12.8. The van der Waals surface area contributed by atoms with E-state index in [1.165, 1.54) is 0 Å². The monoisotopic (exact) mass is 318 g/mol. The molecule has 1 aliphatic heterocycles. The summed E-state index contributed by atoms with van der Waals surface area (Å²) < 4.78 is 49.6. The van der Waals surface area contributed by atoms with Crippen LogP contribution in [0.3, 0.4) is 0 Å². The van der Waals surface area contributed by atoms with Crippen LogP contribution < -0.4 is 10.0 Å². The Kier molecular flexibility index (Phi) is 4.24. The molecule has 1 fully saturated rings. The average Bonchev–Trinajstić information content (AvgIpc) is 2.38. The van der Waals surface area contributed by atoms with Crippen LogP contribution in [0.15, 0.2) is 24.3 Å². The van der Waals surface area contributed by atoms with Gasteiger partial charge in [0, 0.05) is 18.4 Å². The Bertz CT molecular complexity index is 652. The molecule has 1 heterocycles. The van der Waals surface area contributed by atoms with E-state index < -0.39 is 25.1 Å². The quantitative estimate of drug-likeness (QED) is 0.865. The highest BCUT2D eigenvalue weighted by atomic mass is 32.2. The third kappa shape index (κ3) is 3.63. The number of hydrogen-bond acceptors (Lipinski definition) is 5. The lowest BCUT2D eigenvalue weighted by Gasteiger charge is -2.22. The fraction of sp³-hybridized carbons (Fsp3) is 0.500. The van der Waals surface area contributed by atoms with Crippen molar-refractivity contribution in [3.63, 3.8) is 0 Å². The fourth-order valence-electron chi connectivity index (χ4n) is 2.13. The lowest BCUT2D eigenvalue weighted by atomic mass is 10.2. The van der Waals surface area contributed by atoms with Gasteiger partial charge < -0.3 is 5.32 Å².